The van der Waals surface area contributed by atoms with E-state index >= 15 is 0 Å². The lowest BCUT2D eigenvalue weighted by atomic mass is 9.98. The summed E-state index contributed by atoms with van der Waals surface area (Å²) in [5.41, 5.74) is 1.12. The first-order valence-electron chi connectivity index (χ1n) is 8.64. The minimum Gasteiger partial charge on any atom is -0.489 e. The summed E-state index contributed by atoms with van der Waals surface area (Å²) in [4.78, 5) is 19.1. The number of hydrogen-bond donors (Lipinski definition) is 0. The van der Waals surface area contributed by atoms with Crippen LogP contribution in [0, 0.1) is 11.3 Å². The van der Waals surface area contributed by atoms with Gasteiger partial charge in [-0.2, -0.15) is 5.26 Å². The van der Waals surface area contributed by atoms with Crippen LogP contribution in [0.1, 0.15) is 41.6 Å². The zero-order valence-corrected chi connectivity index (χ0v) is 13.8. The summed E-state index contributed by atoms with van der Waals surface area (Å²) in [5, 5.41) is 9.05. The van der Waals surface area contributed by atoms with Crippen LogP contribution in [-0.2, 0) is 0 Å². The quantitative estimate of drug-likeness (QED) is 0.865. The summed E-state index contributed by atoms with van der Waals surface area (Å²) < 4.78 is 6.06. The van der Waals surface area contributed by atoms with Gasteiger partial charge < -0.3 is 9.64 Å². The lowest BCUT2D eigenvalue weighted by Gasteiger charge is -2.39. The van der Waals surface area contributed by atoms with E-state index in [1.807, 2.05) is 17.0 Å². The smallest absolute Gasteiger partial charge is 0.254 e. The molecule has 5 nitrogen and oxygen atoms in total. The van der Waals surface area contributed by atoms with E-state index in [1.165, 1.54) is 0 Å². The number of nitrogens with zero attached hydrogens (tertiary/aromatic N) is 3. The number of hydrogen-bond acceptors (Lipinski definition) is 4. The van der Waals surface area contributed by atoms with Gasteiger partial charge in [-0.15, -0.1) is 0 Å². The van der Waals surface area contributed by atoms with Gasteiger partial charge >= 0.3 is 0 Å². The Kier molecular flexibility index (Phi) is 4.10. The number of piperidine rings is 1. The summed E-state index contributed by atoms with van der Waals surface area (Å²) in [7, 11) is 0. The van der Waals surface area contributed by atoms with Crippen LogP contribution in [0.4, 0.5) is 0 Å². The second-order valence-electron chi connectivity index (χ2n) is 6.69. The Bertz CT molecular complexity index is 801. The molecule has 2 aromatic rings. The molecule has 2 atom stereocenters. The molecule has 2 saturated heterocycles. The Labute approximate surface area is 146 Å². The van der Waals surface area contributed by atoms with Gasteiger partial charge in [-0.3, -0.25) is 9.78 Å². The molecule has 2 fully saturated rings. The lowest BCUT2D eigenvalue weighted by molar-refractivity contribution is 0.0358. The second-order valence-corrected chi connectivity index (χ2v) is 6.69. The van der Waals surface area contributed by atoms with E-state index in [1.54, 1.807) is 36.7 Å². The minimum absolute atomic E-state index is 0.0319. The van der Waals surface area contributed by atoms with Crippen LogP contribution in [0.15, 0.2) is 48.8 Å². The number of carbonyl (C=O) groups is 1. The third-order valence-corrected chi connectivity index (χ3v) is 5.10. The number of rotatable bonds is 3. The largest absolute Gasteiger partial charge is 0.489 e. The fourth-order valence-corrected chi connectivity index (χ4v) is 4.04. The Balaban J connectivity index is 1.49. The Morgan fingerprint density at radius 1 is 1.20 bits per heavy atom. The number of ether oxygens (including phenoxy) is 1. The zero-order chi connectivity index (χ0) is 17.2. The zero-order valence-electron chi connectivity index (χ0n) is 13.8. The fourth-order valence-electron chi connectivity index (χ4n) is 4.04. The van der Waals surface area contributed by atoms with Gasteiger partial charge in [0.15, 0.2) is 0 Å². The molecule has 0 spiro atoms. The monoisotopic (exact) mass is 333 g/mol. The van der Waals surface area contributed by atoms with Gasteiger partial charge in [0.1, 0.15) is 11.9 Å². The second kappa shape index (κ2) is 6.56. The Morgan fingerprint density at radius 3 is 2.68 bits per heavy atom. The fraction of sp³-hybridized carbons (Fsp3) is 0.350. The topological polar surface area (TPSA) is 66.2 Å². The maximum atomic E-state index is 13.0. The molecule has 0 unspecified atom stereocenters. The maximum absolute atomic E-state index is 13.0. The molecular formula is C20H19N3O2. The van der Waals surface area contributed by atoms with E-state index in [0.717, 1.165) is 31.4 Å². The molecule has 1 aromatic carbocycles. The van der Waals surface area contributed by atoms with Crippen molar-refractivity contribution in [2.75, 3.05) is 0 Å². The highest BCUT2D eigenvalue weighted by molar-refractivity contribution is 5.95. The number of benzene rings is 1. The highest BCUT2D eigenvalue weighted by Gasteiger charge is 2.44. The molecule has 0 aliphatic carbocycles. The third-order valence-electron chi connectivity index (χ3n) is 5.10. The summed E-state index contributed by atoms with van der Waals surface area (Å²) in [6.45, 7) is 0. The molecule has 2 bridgehead atoms. The molecule has 0 saturated carbocycles. The van der Waals surface area contributed by atoms with Crippen molar-refractivity contribution in [1.29, 1.82) is 5.26 Å². The highest BCUT2D eigenvalue weighted by atomic mass is 16.5. The molecule has 0 N–H and O–H groups in total. The molecule has 4 rings (SSSR count). The Morgan fingerprint density at radius 2 is 2.00 bits per heavy atom. The van der Waals surface area contributed by atoms with E-state index in [0.29, 0.717) is 11.1 Å². The molecule has 126 valence electrons. The summed E-state index contributed by atoms with van der Waals surface area (Å²) in [6.07, 6.45) is 7.29. The molecule has 25 heavy (non-hydrogen) atoms. The van der Waals surface area contributed by atoms with Crippen LogP contribution in [0.5, 0.6) is 5.75 Å². The van der Waals surface area contributed by atoms with Gasteiger partial charge in [0.05, 0.1) is 17.8 Å². The lowest BCUT2D eigenvalue weighted by Crippen LogP contribution is -2.49. The molecule has 3 heterocycles. The predicted molar refractivity (Wildman–Crippen MR) is 92.0 cm³/mol. The van der Waals surface area contributed by atoms with Crippen molar-refractivity contribution >= 4 is 5.91 Å². The molecule has 0 radical (unpaired) electrons. The van der Waals surface area contributed by atoms with Crippen molar-refractivity contribution in [3.63, 3.8) is 0 Å². The maximum Gasteiger partial charge on any atom is 0.254 e. The van der Waals surface area contributed by atoms with E-state index in [4.69, 9.17) is 10.00 Å². The first kappa shape index (κ1) is 15.6. The van der Waals surface area contributed by atoms with Gasteiger partial charge in [-0.1, -0.05) is 6.07 Å². The summed E-state index contributed by atoms with van der Waals surface area (Å²) >= 11 is 0. The van der Waals surface area contributed by atoms with Gasteiger partial charge in [0.2, 0.25) is 0 Å². The summed E-state index contributed by atoms with van der Waals surface area (Å²) in [6, 6.07) is 13.3. The van der Waals surface area contributed by atoms with Crippen LogP contribution in [0.2, 0.25) is 0 Å². The third kappa shape index (κ3) is 3.08. The number of pyridine rings is 1. The summed E-state index contributed by atoms with van der Waals surface area (Å²) in [5.74, 6) is 0.817. The van der Waals surface area contributed by atoms with Crippen molar-refractivity contribution in [3.8, 4) is 11.8 Å². The first-order valence-corrected chi connectivity index (χ1v) is 8.64. The first-order chi connectivity index (χ1) is 12.2. The van der Waals surface area contributed by atoms with Crippen molar-refractivity contribution in [3.05, 3.63) is 59.9 Å². The van der Waals surface area contributed by atoms with Gasteiger partial charge in [-0.25, -0.2) is 0 Å². The average molecular weight is 333 g/mol. The number of carbonyl (C=O) groups excluding carboxylic acids is 1. The van der Waals surface area contributed by atoms with Crippen LogP contribution in [-0.4, -0.2) is 34.0 Å². The average Bonchev–Trinajstić information content (AvgIpc) is 2.92. The SMILES string of the molecule is N#Cc1cccc(C(=O)N2[C@H]3CC[C@H]2CC(Oc2cccnc2)C3)c1. The van der Waals surface area contributed by atoms with E-state index < -0.39 is 0 Å². The normalized spacial score (nSPS) is 24.6. The highest BCUT2D eigenvalue weighted by Crippen LogP contribution is 2.38. The predicted octanol–water partition coefficient (Wildman–Crippen LogP) is 3.17. The molecular weight excluding hydrogens is 314 g/mol. The van der Waals surface area contributed by atoms with Crippen molar-refractivity contribution in [2.45, 2.75) is 43.9 Å². The Hall–Kier alpha value is -2.87. The molecule has 1 amide bonds. The number of nitriles is 1. The van der Waals surface area contributed by atoms with Crippen molar-refractivity contribution in [2.24, 2.45) is 0 Å². The molecule has 2 aliphatic heterocycles. The van der Waals surface area contributed by atoms with Gasteiger partial charge in [0, 0.05) is 36.7 Å². The van der Waals surface area contributed by atoms with E-state index in [-0.39, 0.29) is 24.1 Å². The minimum atomic E-state index is 0.0319. The number of amides is 1. The van der Waals surface area contributed by atoms with Crippen LogP contribution >= 0.6 is 0 Å². The van der Waals surface area contributed by atoms with Crippen LogP contribution in [0.3, 0.4) is 0 Å². The van der Waals surface area contributed by atoms with E-state index in [2.05, 4.69) is 11.1 Å². The van der Waals surface area contributed by atoms with Gasteiger partial charge in [0.25, 0.3) is 5.91 Å². The van der Waals surface area contributed by atoms with Crippen LogP contribution in [0.25, 0.3) is 0 Å². The van der Waals surface area contributed by atoms with Gasteiger partial charge in [-0.05, 0) is 43.2 Å². The molecule has 5 heteroatoms. The standard InChI is InChI=1S/C20H19N3O2/c21-12-14-3-1-4-15(9-14)20(24)23-16-6-7-17(23)11-19(10-16)25-18-5-2-8-22-13-18/h1-5,8-9,13,16-17,19H,6-7,10-11H2/t16-,17-/m0/s1. The van der Waals surface area contributed by atoms with Crippen molar-refractivity contribution < 1.29 is 9.53 Å². The van der Waals surface area contributed by atoms with E-state index in [9.17, 15) is 4.79 Å². The molecule has 2 aliphatic rings. The molecule has 1 aromatic heterocycles. The van der Waals surface area contributed by atoms with Crippen molar-refractivity contribution in [1.82, 2.24) is 9.88 Å². The number of aromatic nitrogens is 1. The van der Waals surface area contributed by atoms with Crippen LogP contribution < -0.4 is 4.74 Å². The number of fused-ring (bicyclic) bond motifs is 2.